The molecule has 0 aliphatic heterocycles. The summed E-state index contributed by atoms with van der Waals surface area (Å²) in [6, 6.07) is 0. The molecule has 1 heterocycles. The Bertz CT molecular complexity index is 571. The predicted octanol–water partition coefficient (Wildman–Crippen LogP) is 2.91. The normalized spacial score (nSPS) is 33.9. The summed E-state index contributed by atoms with van der Waals surface area (Å²) in [7, 11) is 1.87. The highest BCUT2D eigenvalue weighted by molar-refractivity contribution is 8.00. The average Bonchev–Trinajstić information content (AvgIpc) is 2.85. The molecule has 22 heavy (non-hydrogen) atoms. The third-order valence-corrected chi connectivity index (χ3v) is 6.96. The van der Waals surface area contributed by atoms with E-state index < -0.39 is 0 Å². The van der Waals surface area contributed by atoms with Gasteiger partial charge in [0.2, 0.25) is 0 Å². The lowest BCUT2D eigenvalue weighted by atomic mass is 9.45. The highest BCUT2D eigenvalue weighted by Crippen LogP contribution is 2.61. The van der Waals surface area contributed by atoms with Crippen molar-refractivity contribution in [1.29, 1.82) is 0 Å². The summed E-state index contributed by atoms with van der Waals surface area (Å²) in [5.74, 6) is 1.71. The SMILES string of the molecule is CC(Sc1nncn1C)C(=O)OC1CC2CC(C1C)C2(C)C. The van der Waals surface area contributed by atoms with Crippen LogP contribution in [0.25, 0.3) is 0 Å². The van der Waals surface area contributed by atoms with Gasteiger partial charge in [-0.05, 0) is 42.9 Å². The van der Waals surface area contributed by atoms with Gasteiger partial charge in [0.05, 0.1) is 0 Å². The van der Waals surface area contributed by atoms with Crippen LogP contribution in [-0.4, -0.2) is 32.1 Å². The Balaban J connectivity index is 1.57. The molecule has 1 aromatic heterocycles. The summed E-state index contributed by atoms with van der Waals surface area (Å²) in [6.07, 6.45) is 4.02. The minimum absolute atomic E-state index is 0.0758. The molecule has 4 rings (SSSR count). The van der Waals surface area contributed by atoms with E-state index in [0.29, 0.717) is 23.2 Å². The molecule has 0 N–H and O–H groups in total. The fourth-order valence-corrected chi connectivity index (χ4v) is 4.86. The van der Waals surface area contributed by atoms with Gasteiger partial charge in [-0.15, -0.1) is 10.2 Å². The molecule has 0 spiro atoms. The number of nitrogens with zero attached hydrogens (tertiary/aromatic N) is 3. The zero-order valence-electron chi connectivity index (χ0n) is 13.9. The number of carbonyl (C=O) groups excluding carboxylic acids is 1. The zero-order chi connectivity index (χ0) is 16.1. The van der Waals surface area contributed by atoms with E-state index in [-0.39, 0.29) is 17.3 Å². The van der Waals surface area contributed by atoms with Crippen LogP contribution < -0.4 is 0 Å². The average molecular weight is 323 g/mol. The third-order valence-electron chi connectivity index (χ3n) is 5.84. The van der Waals surface area contributed by atoms with Crippen molar-refractivity contribution < 1.29 is 9.53 Å². The molecule has 3 fully saturated rings. The van der Waals surface area contributed by atoms with Crippen LogP contribution in [0.5, 0.6) is 0 Å². The van der Waals surface area contributed by atoms with Crippen molar-refractivity contribution in [2.24, 2.45) is 30.2 Å². The van der Waals surface area contributed by atoms with Crippen LogP contribution in [0.15, 0.2) is 11.5 Å². The second kappa shape index (κ2) is 5.55. The first kappa shape index (κ1) is 15.8. The number of rotatable bonds is 4. The first-order valence-electron chi connectivity index (χ1n) is 8.01. The van der Waals surface area contributed by atoms with Crippen molar-refractivity contribution in [3.8, 4) is 0 Å². The molecule has 1 aromatic rings. The van der Waals surface area contributed by atoms with Crippen LogP contribution in [0.3, 0.4) is 0 Å². The van der Waals surface area contributed by atoms with Crippen LogP contribution >= 0.6 is 11.8 Å². The third kappa shape index (κ3) is 2.55. The van der Waals surface area contributed by atoms with Gasteiger partial charge in [0.25, 0.3) is 0 Å². The quantitative estimate of drug-likeness (QED) is 0.630. The van der Waals surface area contributed by atoms with Gasteiger partial charge in [-0.25, -0.2) is 0 Å². The van der Waals surface area contributed by atoms with Gasteiger partial charge in [0.15, 0.2) is 5.16 Å². The molecule has 3 saturated carbocycles. The summed E-state index contributed by atoms with van der Waals surface area (Å²) >= 11 is 1.40. The standard InChI is InChI=1S/C16H25N3O2S/c1-9-12-6-11(16(12,3)4)7-13(9)21-14(20)10(2)22-15-18-17-8-19(15)5/h8-13H,6-7H2,1-5H3. The summed E-state index contributed by atoms with van der Waals surface area (Å²) in [5, 5.41) is 8.32. The predicted molar refractivity (Wildman–Crippen MR) is 85.4 cm³/mol. The van der Waals surface area contributed by atoms with E-state index in [0.717, 1.165) is 11.6 Å². The van der Waals surface area contributed by atoms with Gasteiger partial charge < -0.3 is 9.30 Å². The number of esters is 1. The molecule has 3 aliphatic carbocycles. The summed E-state index contributed by atoms with van der Waals surface area (Å²) in [6.45, 7) is 8.82. The van der Waals surface area contributed by atoms with Crippen molar-refractivity contribution in [2.45, 2.75) is 57.0 Å². The summed E-state index contributed by atoms with van der Waals surface area (Å²) in [4.78, 5) is 12.4. The molecule has 5 nitrogen and oxygen atoms in total. The van der Waals surface area contributed by atoms with Gasteiger partial charge in [-0.2, -0.15) is 0 Å². The summed E-state index contributed by atoms with van der Waals surface area (Å²) in [5.41, 5.74) is 0.418. The largest absolute Gasteiger partial charge is 0.461 e. The molecule has 5 unspecified atom stereocenters. The van der Waals surface area contributed by atoms with Gasteiger partial charge in [-0.1, -0.05) is 32.5 Å². The minimum Gasteiger partial charge on any atom is -0.461 e. The fourth-order valence-electron chi connectivity index (χ4n) is 4.09. The van der Waals surface area contributed by atoms with E-state index in [1.165, 1.54) is 18.2 Å². The maximum absolute atomic E-state index is 12.4. The Morgan fingerprint density at radius 3 is 2.77 bits per heavy atom. The topological polar surface area (TPSA) is 57.0 Å². The molecule has 0 saturated heterocycles. The zero-order valence-corrected chi connectivity index (χ0v) is 14.8. The van der Waals surface area contributed by atoms with Crippen LogP contribution in [-0.2, 0) is 16.6 Å². The smallest absolute Gasteiger partial charge is 0.319 e. The molecule has 3 aliphatic rings. The Labute approximate surface area is 136 Å². The van der Waals surface area contributed by atoms with Crippen molar-refractivity contribution >= 4 is 17.7 Å². The molecule has 5 atom stereocenters. The van der Waals surface area contributed by atoms with Gasteiger partial charge >= 0.3 is 5.97 Å². The number of hydrogen-bond acceptors (Lipinski definition) is 5. The number of hydrogen-bond donors (Lipinski definition) is 0. The van der Waals surface area contributed by atoms with E-state index in [1.54, 1.807) is 6.33 Å². The Kier molecular flexibility index (Phi) is 4.00. The summed E-state index contributed by atoms with van der Waals surface area (Å²) < 4.78 is 7.65. The Morgan fingerprint density at radius 2 is 2.23 bits per heavy atom. The van der Waals surface area contributed by atoms with E-state index in [9.17, 15) is 4.79 Å². The maximum Gasteiger partial charge on any atom is 0.319 e. The second-order valence-corrected chi connectivity index (χ2v) is 8.72. The van der Waals surface area contributed by atoms with Gasteiger partial charge in [-0.3, -0.25) is 4.79 Å². The van der Waals surface area contributed by atoms with Crippen LogP contribution in [0.2, 0.25) is 0 Å². The Hall–Kier alpha value is -1.04. The number of fused-ring (bicyclic) bond motifs is 2. The van der Waals surface area contributed by atoms with Crippen LogP contribution in [0, 0.1) is 23.2 Å². The number of carbonyl (C=O) groups is 1. The van der Waals surface area contributed by atoms with Crippen molar-refractivity contribution in [2.75, 3.05) is 0 Å². The highest BCUT2D eigenvalue weighted by Gasteiger charge is 2.57. The molecular formula is C16H25N3O2S. The first-order chi connectivity index (χ1) is 10.3. The number of ether oxygens (including phenoxy) is 1. The molecule has 0 radical (unpaired) electrons. The highest BCUT2D eigenvalue weighted by atomic mass is 32.2. The number of aromatic nitrogens is 3. The van der Waals surface area contributed by atoms with Gasteiger partial charge in [0, 0.05) is 7.05 Å². The lowest BCUT2D eigenvalue weighted by Crippen LogP contribution is -2.57. The van der Waals surface area contributed by atoms with Gasteiger partial charge in [0.1, 0.15) is 17.7 Å². The lowest BCUT2D eigenvalue weighted by Gasteiger charge is -2.61. The monoisotopic (exact) mass is 323 g/mol. The maximum atomic E-state index is 12.4. The molecule has 6 heteroatoms. The molecule has 0 amide bonds. The molecule has 122 valence electrons. The van der Waals surface area contributed by atoms with E-state index in [1.807, 2.05) is 18.5 Å². The fraction of sp³-hybridized carbons (Fsp3) is 0.812. The van der Waals surface area contributed by atoms with Crippen LogP contribution in [0.4, 0.5) is 0 Å². The number of thioether (sulfide) groups is 1. The molecular weight excluding hydrogens is 298 g/mol. The van der Waals surface area contributed by atoms with Crippen molar-refractivity contribution in [3.63, 3.8) is 0 Å². The number of aryl methyl sites for hydroxylation is 1. The van der Waals surface area contributed by atoms with E-state index in [2.05, 4.69) is 31.0 Å². The molecule has 0 aromatic carbocycles. The minimum atomic E-state index is -0.263. The molecule has 2 bridgehead atoms. The second-order valence-electron chi connectivity index (χ2n) is 7.42. The first-order valence-corrected chi connectivity index (χ1v) is 8.89. The van der Waals surface area contributed by atoms with Crippen LogP contribution in [0.1, 0.15) is 40.5 Å². The van der Waals surface area contributed by atoms with Crippen molar-refractivity contribution in [1.82, 2.24) is 14.8 Å². The van der Waals surface area contributed by atoms with E-state index >= 15 is 0 Å². The lowest BCUT2D eigenvalue weighted by molar-refractivity contribution is -0.185. The van der Waals surface area contributed by atoms with Crippen molar-refractivity contribution in [3.05, 3.63) is 6.33 Å². The van der Waals surface area contributed by atoms with E-state index in [4.69, 9.17) is 4.74 Å². The Morgan fingerprint density at radius 1 is 1.50 bits per heavy atom.